The minimum absolute atomic E-state index is 0.0526. The number of methoxy groups -OCH3 is 1. The predicted octanol–water partition coefficient (Wildman–Crippen LogP) is 6.81. The maximum atomic E-state index is 6.95. The first-order valence-corrected chi connectivity index (χ1v) is 12.6. The van der Waals surface area contributed by atoms with Crippen LogP contribution in [0, 0.1) is 0 Å². The van der Waals surface area contributed by atoms with E-state index in [0.29, 0.717) is 0 Å². The zero-order valence-electron chi connectivity index (χ0n) is 21.2. The Morgan fingerprint density at radius 2 is 1.62 bits per heavy atom. The number of ether oxygens (including phenoxy) is 2. The molecule has 0 spiro atoms. The van der Waals surface area contributed by atoms with Gasteiger partial charge >= 0.3 is 0 Å². The van der Waals surface area contributed by atoms with Crippen LogP contribution in [0.4, 0.5) is 0 Å². The highest BCUT2D eigenvalue weighted by Crippen LogP contribution is 2.36. The van der Waals surface area contributed by atoms with Crippen LogP contribution in [0.15, 0.2) is 78.9 Å². The van der Waals surface area contributed by atoms with Gasteiger partial charge in [0.2, 0.25) is 0 Å². The van der Waals surface area contributed by atoms with E-state index in [0.717, 1.165) is 38.2 Å². The highest BCUT2D eigenvalue weighted by Gasteiger charge is 2.28. The van der Waals surface area contributed by atoms with Gasteiger partial charge in [-0.15, -0.1) is 0 Å². The number of benzene rings is 3. The van der Waals surface area contributed by atoms with Crippen LogP contribution in [0.3, 0.4) is 0 Å². The first-order valence-electron chi connectivity index (χ1n) is 12.6. The summed E-state index contributed by atoms with van der Waals surface area (Å²) in [7, 11) is 1.71. The Labute approximate surface area is 205 Å². The van der Waals surface area contributed by atoms with Gasteiger partial charge in [0.1, 0.15) is 11.9 Å². The molecule has 3 aromatic carbocycles. The zero-order valence-corrected chi connectivity index (χ0v) is 21.2. The molecule has 0 saturated carbocycles. The molecule has 0 bridgehead atoms. The second-order valence-electron chi connectivity index (χ2n) is 10.4. The van der Waals surface area contributed by atoms with Crippen molar-refractivity contribution in [2.24, 2.45) is 0 Å². The molecule has 1 heterocycles. The molecule has 1 aliphatic rings. The molecule has 3 aromatic rings. The minimum Gasteiger partial charge on any atom is -0.497 e. The van der Waals surface area contributed by atoms with Gasteiger partial charge in [-0.05, 0) is 65.6 Å². The molecule has 180 valence electrons. The number of hydrogen-bond donors (Lipinski definition) is 0. The number of hydrogen-bond acceptors (Lipinski definition) is 3. The molecular weight excluding hydrogens is 418 g/mol. The van der Waals surface area contributed by atoms with Crippen LogP contribution in [-0.4, -0.2) is 37.7 Å². The molecule has 0 aliphatic carbocycles. The van der Waals surface area contributed by atoms with Crippen molar-refractivity contribution < 1.29 is 9.47 Å². The number of nitrogens with zero attached hydrogens (tertiary/aromatic N) is 1. The predicted molar refractivity (Wildman–Crippen MR) is 141 cm³/mol. The zero-order chi connectivity index (χ0) is 24.0. The topological polar surface area (TPSA) is 21.7 Å². The third-order valence-electron chi connectivity index (χ3n) is 6.82. The fourth-order valence-corrected chi connectivity index (χ4v) is 4.97. The normalized spacial score (nSPS) is 17.9. The van der Waals surface area contributed by atoms with Crippen LogP contribution in [0.1, 0.15) is 62.0 Å². The molecule has 3 heteroatoms. The maximum Gasteiger partial charge on any atom is 0.118 e. The molecule has 2 atom stereocenters. The summed E-state index contributed by atoms with van der Waals surface area (Å²) in [5, 5.41) is 0. The van der Waals surface area contributed by atoms with E-state index in [4.69, 9.17) is 9.47 Å². The SMILES string of the molecule is COc1ccc(CCN2CCC[C@@H](OC(c3ccccc3)c3ccccc3C(C)(C)C)C2)cc1. The summed E-state index contributed by atoms with van der Waals surface area (Å²) in [6.07, 6.45) is 3.51. The van der Waals surface area contributed by atoms with Crippen LogP contribution < -0.4 is 4.74 Å². The highest BCUT2D eigenvalue weighted by atomic mass is 16.5. The van der Waals surface area contributed by atoms with Crippen LogP contribution in [0.2, 0.25) is 0 Å². The summed E-state index contributed by atoms with van der Waals surface area (Å²) >= 11 is 0. The van der Waals surface area contributed by atoms with Crippen LogP contribution >= 0.6 is 0 Å². The van der Waals surface area contributed by atoms with Crippen molar-refractivity contribution in [2.75, 3.05) is 26.7 Å². The van der Waals surface area contributed by atoms with Gasteiger partial charge in [0.25, 0.3) is 0 Å². The largest absolute Gasteiger partial charge is 0.497 e. The molecule has 0 N–H and O–H groups in total. The lowest BCUT2D eigenvalue weighted by Crippen LogP contribution is -2.41. The molecule has 1 unspecified atom stereocenters. The molecule has 4 rings (SSSR count). The molecule has 0 aromatic heterocycles. The summed E-state index contributed by atoms with van der Waals surface area (Å²) in [6.45, 7) is 10.0. The van der Waals surface area contributed by atoms with Gasteiger partial charge < -0.3 is 14.4 Å². The average Bonchev–Trinajstić information content (AvgIpc) is 2.86. The van der Waals surface area contributed by atoms with Gasteiger partial charge in [-0.2, -0.15) is 0 Å². The fraction of sp³-hybridized carbons (Fsp3) is 0.419. The molecule has 0 radical (unpaired) electrons. The molecule has 1 fully saturated rings. The Balaban J connectivity index is 1.48. The Kier molecular flexibility index (Phi) is 8.07. The van der Waals surface area contributed by atoms with E-state index in [-0.39, 0.29) is 17.6 Å². The minimum atomic E-state index is -0.0526. The summed E-state index contributed by atoms with van der Waals surface area (Å²) in [6, 6.07) is 28.0. The molecule has 3 nitrogen and oxygen atoms in total. The van der Waals surface area contributed by atoms with Gasteiger partial charge in [-0.1, -0.05) is 87.5 Å². The summed E-state index contributed by atoms with van der Waals surface area (Å²) in [5.74, 6) is 0.915. The van der Waals surface area contributed by atoms with Crippen LogP contribution in [0.5, 0.6) is 5.75 Å². The quantitative estimate of drug-likeness (QED) is 0.371. The van der Waals surface area contributed by atoms with Gasteiger partial charge in [-0.3, -0.25) is 0 Å². The standard InChI is InChI=1S/C31H39NO2/c1-31(2,3)29-15-9-8-14-28(29)30(25-11-6-5-7-12-25)34-27-13-10-21-32(23-27)22-20-24-16-18-26(33-4)19-17-24/h5-9,11-12,14-19,27,30H,10,13,20-23H2,1-4H3/t27-,30?/m1/s1. The summed E-state index contributed by atoms with van der Waals surface area (Å²) < 4.78 is 12.2. The van der Waals surface area contributed by atoms with Gasteiger partial charge in [0, 0.05) is 13.1 Å². The van der Waals surface area contributed by atoms with Crippen LogP contribution in [-0.2, 0) is 16.6 Å². The van der Waals surface area contributed by atoms with E-state index in [2.05, 4.69) is 105 Å². The van der Waals surface area contributed by atoms with E-state index in [1.165, 1.54) is 28.7 Å². The lowest BCUT2D eigenvalue weighted by Gasteiger charge is -2.36. The smallest absolute Gasteiger partial charge is 0.118 e. The second kappa shape index (κ2) is 11.2. The lowest BCUT2D eigenvalue weighted by atomic mass is 9.81. The van der Waals surface area contributed by atoms with Crippen LogP contribution in [0.25, 0.3) is 0 Å². The van der Waals surface area contributed by atoms with E-state index >= 15 is 0 Å². The third kappa shape index (κ3) is 6.28. The molecule has 34 heavy (non-hydrogen) atoms. The van der Waals surface area contributed by atoms with E-state index < -0.39 is 0 Å². The van der Waals surface area contributed by atoms with Crippen molar-refractivity contribution in [1.82, 2.24) is 4.90 Å². The lowest BCUT2D eigenvalue weighted by molar-refractivity contribution is -0.0335. The van der Waals surface area contributed by atoms with Crippen molar-refractivity contribution in [3.05, 3.63) is 101 Å². The van der Waals surface area contributed by atoms with E-state index in [9.17, 15) is 0 Å². The first kappa shape index (κ1) is 24.5. The molecule has 1 aliphatic heterocycles. The second-order valence-corrected chi connectivity index (χ2v) is 10.4. The van der Waals surface area contributed by atoms with E-state index in [1.54, 1.807) is 7.11 Å². The molecular formula is C31H39NO2. The Bertz CT molecular complexity index is 1020. The monoisotopic (exact) mass is 457 g/mol. The van der Waals surface area contributed by atoms with Crippen molar-refractivity contribution in [3.8, 4) is 5.75 Å². The van der Waals surface area contributed by atoms with E-state index in [1.807, 2.05) is 0 Å². The van der Waals surface area contributed by atoms with Crippen molar-refractivity contribution in [1.29, 1.82) is 0 Å². The van der Waals surface area contributed by atoms with Gasteiger partial charge in [0.15, 0.2) is 0 Å². The number of rotatable bonds is 8. The maximum absolute atomic E-state index is 6.95. The third-order valence-corrected chi connectivity index (χ3v) is 6.82. The number of piperidine rings is 1. The number of likely N-dealkylation sites (tertiary alicyclic amines) is 1. The highest BCUT2D eigenvalue weighted by molar-refractivity contribution is 5.39. The summed E-state index contributed by atoms with van der Waals surface area (Å²) in [4.78, 5) is 2.57. The van der Waals surface area contributed by atoms with Crippen molar-refractivity contribution >= 4 is 0 Å². The average molecular weight is 458 g/mol. The van der Waals surface area contributed by atoms with Crippen molar-refractivity contribution in [3.63, 3.8) is 0 Å². The Hall–Kier alpha value is -2.62. The van der Waals surface area contributed by atoms with Gasteiger partial charge in [0.05, 0.1) is 13.2 Å². The van der Waals surface area contributed by atoms with Crippen molar-refractivity contribution in [2.45, 2.75) is 57.7 Å². The molecule has 1 saturated heterocycles. The Morgan fingerprint density at radius 1 is 0.912 bits per heavy atom. The molecule has 0 amide bonds. The van der Waals surface area contributed by atoms with Gasteiger partial charge in [-0.25, -0.2) is 0 Å². The first-order chi connectivity index (χ1) is 16.4. The summed E-state index contributed by atoms with van der Waals surface area (Å²) in [5.41, 5.74) is 5.29. The Morgan fingerprint density at radius 3 is 2.32 bits per heavy atom. The fourth-order valence-electron chi connectivity index (χ4n) is 4.97.